The summed E-state index contributed by atoms with van der Waals surface area (Å²) in [6, 6.07) is 14.9. The number of nitrogens with one attached hydrogen (secondary N) is 1. The normalized spacial score (nSPS) is 15.7. The summed E-state index contributed by atoms with van der Waals surface area (Å²) in [5.41, 5.74) is 2.37. The molecule has 7 heteroatoms. The van der Waals surface area contributed by atoms with Gasteiger partial charge in [0.25, 0.3) is 11.8 Å². The Hall–Kier alpha value is -3.61. The first-order valence-electron chi connectivity index (χ1n) is 10.2. The summed E-state index contributed by atoms with van der Waals surface area (Å²) in [6.45, 7) is 2.69. The van der Waals surface area contributed by atoms with Gasteiger partial charge in [-0.15, -0.1) is 0 Å². The molecular weight excluding hydrogens is 395 g/mol. The number of nitrogens with zero attached hydrogens (tertiary/aromatic N) is 3. The molecule has 0 spiro atoms. The fourth-order valence-electron chi connectivity index (χ4n) is 3.77. The summed E-state index contributed by atoms with van der Waals surface area (Å²) in [5, 5.41) is 2.81. The van der Waals surface area contributed by atoms with Gasteiger partial charge >= 0.3 is 0 Å². The zero-order valence-corrected chi connectivity index (χ0v) is 17.2. The zero-order chi connectivity index (χ0) is 21.8. The van der Waals surface area contributed by atoms with Gasteiger partial charge in [0, 0.05) is 24.8 Å². The van der Waals surface area contributed by atoms with Crippen molar-refractivity contribution >= 4 is 11.8 Å². The third-order valence-electron chi connectivity index (χ3n) is 5.44. The second-order valence-electron chi connectivity index (χ2n) is 7.56. The molecule has 0 unspecified atom stereocenters. The minimum atomic E-state index is -0.318. The van der Waals surface area contributed by atoms with E-state index in [9.17, 15) is 14.0 Å². The fraction of sp³-hybridized carbons (Fsp3) is 0.250. The third-order valence-corrected chi connectivity index (χ3v) is 5.44. The first-order valence-corrected chi connectivity index (χ1v) is 10.2. The molecule has 6 nitrogen and oxygen atoms in total. The van der Waals surface area contributed by atoms with Crippen LogP contribution in [0.1, 0.15) is 56.7 Å². The van der Waals surface area contributed by atoms with E-state index in [0.29, 0.717) is 29.2 Å². The van der Waals surface area contributed by atoms with Crippen LogP contribution in [0.15, 0.2) is 60.8 Å². The summed E-state index contributed by atoms with van der Waals surface area (Å²) in [7, 11) is 0. The Morgan fingerprint density at radius 1 is 1.13 bits per heavy atom. The molecule has 3 aromatic rings. The Labute approximate surface area is 180 Å². The number of hydrogen-bond donors (Lipinski definition) is 1. The molecule has 1 fully saturated rings. The van der Waals surface area contributed by atoms with Gasteiger partial charge in [0.2, 0.25) is 0 Å². The maximum atomic E-state index is 13.0. The minimum Gasteiger partial charge on any atom is -0.348 e. The number of carbonyl (C=O) groups is 2. The van der Waals surface area contributed by atoms with Gasteiger partial charge in [-0.2, -0.15) is 0 Å². The predicted molar refractivity (Wildman–Crippen MR) is 114 cm³/mol. The van der Waals surface area contributed by atoms with Gasteiger partial charge in [0.15, 0.2) is 5.82 Å². The lowest BCUT2D eigenvalue weighted by Crippen LogP contribution is -2.32. The third kappa shape index (κ3) is 4.60. The van der Waals surface area contributed by atoms with Crippen molar-refractivity contribution in [2.75, 3.05) is 6.54 Å². The number of halogens is 1. The molecule has 2 amide bonds. The van der Waals surface area contributed by atoms with E-state index in [1.807, 2.05) is 18.2 Å². The standard InChI is InChI=1S/C24H23FN4O2/c1-16-20(23(30)27-14-17-9-11-19(25)12-10-17)15-26-22(28-16)21-8-5-13-29(21)24(31)18-6-3-2-4-7-18/h2-4,6-7,9-12,15,21H,5,8,13-14H2,1H3,(H,27,30)/t21-/m0/s1. The smallest absolute Gasteiger partial charge is 0.254 e. The average Bonchev–Trinajstić information content (AvgIpc) is 3.28. The lowest BCUT2D eigenvalue weighted by Gasteiger charge is -2.24. The summed E-state index contributed by atoms with van der Waals surface area (Å²) in [4.78, 5) is 36.3. The van der Waals surface area contributed by atoms with Crippen LogP contribution < -0.4 is 5.32 Å². The van der Waals surface area contributed by atoms with Gasteiger partial charge in [-0.25, -0.2) is 14.4 Å². The van der Waals surface area contributed by atoms with E-state index in [4.69, 9.17) is 0 Å². The molecule has 31 heavy (non-hydrogen) atoms. The SMILES string of the molecule is Cc1nc([C@@H]2CCCN2C(=O)c2ccccc2)ncc1C(=O)NCc1ccc(F)cc1. The second kappa shape index (κ2) is 9.04. The highest BCUT2D eigenvalue weighted by Gasteiger charge is 2.32. The summed E-state index contributed by atoms with van der Waals surface area (Å²) in [6.07, 6.45) is 3.18. The number of amides is 2. The Balaban J connectivity index is 1.46. The molecule has 1 aliphatic rings. The second-order valence-corrected chi connectivity index (χ2v) is 7.56. The van der Waals surface area contributed by atoms with Crippen molar-refractivity contribution in [3.8, 4) is 0 Å². The van der Waals surface area contributed by atoms with Crippen LogP contribution in [0.5, 0.6) is 0 Å². The van der Waals surface area contributed by atoms with Crippen LogP contribution >= 0.6 is 0 Å². The minimum absolute atomic E-state index is 0.0366. The van der Waals surface area contributed by atoms with E-state index in [1.165, 1.54) is 18.3 Å². The number of carbonyl (C=O) groups excluding carboxylic acids is 2. The van der Waals surface area contributed by atoms with Crippen LogP contribution in [0.2, 0.25) is 0 Å². The first-order chi connectivity index (χ1) is 15.0. The summed E-state index contributed by atoms with van der Waals surface area (Å²) >= 11 is 0. The van der Waals surface area contributed by atoms with Gasteiger partial charge in [0.1, 0.15) is 5.82 Å². The van der Waals surface area contributed by atoms with Crippen molar-refractivity contribution in [1.29, 1.82) is 0 Å². The van der Waals surface area contributed by atoms with Crippen molar-refractivity contribution in [2.24, 2.45) is 0 Å². The highest BCUT2D eigenvalue weighted by atomic mass is 19.1. The fourth-order valence-corrected chi connectivity index (χ4v) is 3.77. The number of aromatic nitrogens is 2. The van der Waals surface area contributed by atoms with E-state index in [1.54, 1.807) is 36.1 Å². The Morgan fingerprint density at radius 3 is 2.58 bits per heavy atom. The van der Waals surface area contributed by atoms with Crippen molar-refractivity contribution < 1.29 is 14.0 Å². The molecule has 1 aliphatic heterocycles. The highest BCUT2D eigenvalue weighted by molar-refractivity contribution is 5.95. The molecule has 0 aliphatic carbocycles. The number of benzene rings is 2. The lowest BCUT2D eigenvalue weighted by atomic mass is 10.1. The van der Waals surface area contributed by atoms with Crippen molar-refractivity contribution in [2.45, 2.75) is 32.4 Å². The average molecular weight is 418 g/mol. The van der Waals surface area contributed by atoms with Crippen LogP contribution in [0.3, 0.4) is 0 Å². The van der Waals surface area contributed by atoms with Gasteiger partial charge in [-0.05, 0) is 49.6 Å². The van der Waals surface area contributed by atoms with Crippen molar-refractivity contribution in [3.63, 3.8) is 0 Å². The molecule has 4 rings (SSSR count). The molecule has 0 radical (unpaired) electrons. The van der Waals surface area contributed by atoms with E-state index in [0.717, 1.165) is 18.4 Å². The molecule has 1 N–H and O–H groups in total. The van der Waals surface area contributed by atoms with E-state index < -0.39 is 0 Å². The molecule has 0 bridgehead atoms. The maximum Gasteiger partial charge on any atom is 0.254 e. The van der Waals surface area contributed by atoms with Crippen LogP contribution in [-0.2, 0) is 6.54 Å². The summed E-state index contributed by atoms with van der Waals surface area (Å²) < 4.78 is 13.0. The lowest BCUT2D eigenvalue weighted by molar-refractivity contribution is 0.0729. The topological polar surface area (TPSA) is 75.2 Å². The van der Waals surface area contributed by atoms with E-state index >= 15 is 0 Å². The molecule has 158 valence electrons. The van der Waals surface area contributed by atoms with Crippen molar-refractivity contribution in [1.82, 2.24) is 20.2 Å². The number of likely N-dealkylation sites (tertiary alicyclic amines) is 1. The van der Waals surface area contributed by atoms with Gasteiger partial charge in [-0.3, -0.25) is 9.59 Å². The highest BCUT2D eigenvalue weighted by Crippen LogP contribution is 2.31. The Kier molecular flexibility index (Phi) is 6.02. The van der Waals surface area contributed by atoms with Crippen LogP contribution in [0.25, 0.3) is 0 Å². The van der Waals surface area contributed by atoms with Crippen LogP contribution in [-0.4, -0.2) is 33.2 Å². The molecule has 2 aromatic carbocycles. The maximum absolute atomic E-state index is 13.0. The number of aryl methyl sites for hydroxylation is 1. The number of hydrogen-bond acceptors (Lipinski definition) is 4. The van der Waals surface area contributed by atoms with E-state index in [2.05, 4.69) is 15.3 Å². The van der Waals surface area contributed by atoms with Crippen LogP contribution in [0.4, 0.5) is 4.39 Å². The molecular formula is C24H23FN4O2. The van der Waals surface area contributed by atoms with Gasteiger partial charge in [-0.1, -0.05) is 30.3 Å². The molecule has 1 saturated heterocycles. The number of rotatable bonds is 5. The van der Waals surface area contributed by atoms with Crippen LogP contribution in [0, 0.1) is 12.7 Å². The monoisotopic (exact) mass is 418 g/mol. The van der Waals surface area contributed by atoms with Gasteiger partial charge < -0.3 is 10.2 Å². The largest absolute Gasteiger partial charge is 0.348 e. The first kappa shape index (κ1) is 20.7. The van der Waals surface area contributed by atoms with Crippen molar-refractivity contribution in [3.05, 3.63) is 94.8 Å². The molecule has 1 atom stereocenters. The van der Waals surface area contributed by atoms with Gasteiger partial charge in [0.05, 0.1) is 17.3 Å². The zero-order valence-electron chi connectivity index (χ0n) is 17.2. The molecule has 0 saturated carbocycles. The molecule has 2 heterocycles. The predicted octanol–water partition coefficient (Wildman–Crippen LogP) is 3.83. The Morgan fingerprint density at radius 2 is 1.87 bits per heavy atom. The molecule has 1 aromatic heterocycles. The summed E-state index contributed by atoms with van der Waals surface area (Å²) in [5.74, 6) is -0.0986. The quantitative estimate of drug-likeness (QED) is 0.683. The van der Waals surface area contributed by atoms with E-state index in [-0.39, 0.29) is 30.2 Å². The Bertz CT molecular complexity index is 1090.